The van der Waals surface area contributed by atoms with E-state index in [1.54, 1.807) is 0 Å². The molecule has 0 aliphatic heterocycles. The van der Waals surface area contributed by atoms with Gasteiger partial charge in [-0.15, -0.1) is 0 Å². The highest BCUT2D eigenvalue weighted by molar-refractivity contribution is 5.71. The zero-order chi connectivity index (χ0) is 47.2. The fourth-order valence-electron chi connectivity index (χ4n) is 8.30. The standard InChI is InChI=1S/C59H108O6/c1-4-7-10-13-16-19-22-24-26-28-30-32-33-35-37-40-43-46-49-52-58(61)64-55-56(54-63-57(60)51-48-45-42-39-21-18-15-12-9-6-3)65-59(62)53-50-47-44-41-38-36-34-31-29-27-25-23-20-17-14-11-8-5-2/h15-16,18-19,22,24,56H,4-14,17,20-21,23,25-55H2,1-3H3/b18-15-,19-16-,24-22-. The Morgan fingerprint density at radius 2 is 0.569 bits per heavy atom. The number of hydrogen-bond acceptors (Lipinski definition) is 6. The molecule has 380 valence electrons. The van der Waals surface area contributed by atoms with E-state index in [2.05, 4.69) is 57.2 Å². The summed E-state index contributed by atoms with van der Waals surface area (Å²) < 4.78 is 16.8. The minimum atomic E-state index is -0.774. The van der Waals surface area contributed by atoms with E-state index in [0.29, 0.717) is 19.3 Å². The minimum absolute atomic E-state index is 0.0742. The van der Waals surface area contributed by atoms with E-state index >= 15 is 0 Å². The second-order valence-corrected chi connectivity index (χ2v) is 19.2. The molecule has 0 aliphatic rings. The van der Waals surface area contributed by atoms with Crippen LogP contribution in [0.1, 0.15) is 303 Å². The van der Waals surface area contributed by atoms with Crippen LogP contribution in [-0.2, 0) is 28.6 Å². The first kappa shape index (κ1) is 62.6. The highest BCUT2D eigenvalue weighted by atomic mass is 16.6. The molecule has 0 N–H and O–H groups in total. The van der Waals surface area contributed by atoms with Crippen molar-refractivity contribution in [3.05, 3.63) is 36.5 Å². The summed E-state index contributed by atoms with van der Waals surface area (Å²) in [5.41, 5.74) is 0. The Balaban J connectivity index is 4.27. The summed E-state index contributed by atoms with van der Waals surface area (Å²) in [6.45, 7) is 6.59. The van der Waals surface area contributed by atoms with Gasteiger partial charge >= 0.3 is 17.9 Å². The lowest BCUT2D eigenvalue weighted by Gasteiger charge is -2.18. The number of carbonyl (C=O) groups is 3. The third kappa shape index (κ3) is 52.5. The zero-order valence-corrected chi connectivity index (χ0v) is 43.5. The van der Waals surface area contributed by atoms with E-state index in [9.17, 15) is 14.4 Å². The average molecular weight is 914 g/mol. The second-order valence-electron chi connectivity index (χ2n) is 19.2. The molecule has 0 rings (SSSR count). The first-order valence-electron chi connectivity index (χ1n) is 28.5. The Morgan fingerprint density at radius 3 is 0.938 bits per heavy atom. The predicted octanol–water partition coefficient (Wildman–Crippen LogP) is 18.9. The highest BCUT2D eigenvalue weighted by Crippen LogP contribution is 2.17. The van der Waals surface area contributed by atoms with Gasteiger partial charge in [0.15, 0.2) is 6.10 Å². The summed E-state index contributed by atoms with van der Waals surface area (Å²) in [6, 6.07) is 0. The fourth-order valence-corrected chi connectivity index (χ4v) is 8.30. The molecule has 0 saturated carbocycles. The lowest BCUT2D eigenvalue weighted by Crippen LogP contribution is -2.30. The summed E-state index contributed by atoms with van der Waals surface area (Å²) in [7, 11) is 0. The van der Waals surface area contributed by atoms with Crippen LogP contribution in [0.25, 0.3) is 0 Å². The molecule has 0 radical (unpaired) electrons. The third-order valence-electron chi connectivity index (χ3n) is 12.6. The van der Waals surface area contributed by atoms with Crippen LogP contribution in [0, 0.1) is 0 Å². The molecule has 0 bridgehead atoms. The Hall–Kier alpha value is -2.37. The van der Waals surface area contributed by atoms with E-state index < -0.39 is 6.10 Å². The summed E-state index contributed by atoms with van der Waals surface area (Å²) in [4.78, 5) is 38.0. The van der Waals surface area contributed by atoms with Gasteiger partial charge in [0.25, 0.3) is 0 Å². The zero-order valence-electron chi connectivity index (χ0n) is 43.5. The number of rotatable bonds is 52. The molecule has 0 heterocycles. The Bertz CT molecular complexity index is 1090. The first-order valence-corrected chi connectivity index (χ1v) is 28.5. The van der Waals surface area contributed by atoms with Crippen molar-refractivity contribution in [2.75, 3.05) is 13.2 Å². The maximum Gasteiger partial charge on any atom is 0.306 e. The van der Waals surface area contributed by atoms with Crippen molar-refractivity contribution in [3.8, 4) is 0 Å². The molecule has 0 fully saturated rings. The molecule has 0 aromatic carbocycles. The lowest BCUT2D eigenvalue weighted by molar-refractivity contribution is -0.167. The normalized spacial score (nSPS) is 12.2. The van der Waals surface area contributed by atoms with Crippen molar-refractivity contribution in [2.45, 2.75) is 309 Å². The molecule has 0 aromatic rings. The van der Waals surface area contributed by atoms with Crippen molar-refractivity contribution in [1.82, 2.24) is 0 Å². The van der Waals surface area contributed by atoms with E-state index in [0.717, 1.165) is 77.0 Å². The molecule has 6 heteroatoms. The predicted molar refractivity (Wildman–Crippen MR) is 279 cm³/mol. The van der Waals surface area contributed by atoms with Gasteiger partial charge < -0.3 is 14.2 Å². The van der Waals surface area contributed by atoms with Crippen LogP contribution in [0.3, 0.4) is 0 Å². The van der Waals surface area contributed by atoms with Gasteiger partial charge in [-0.1, -0.05) is 256 Å². The molecule has 65 heavy (non-hydrogen) atoms. The maximum atomic E-state index is 12.8. The molecule has 1 atom stereocenters. The van der Waals surface area contributed by atoms with Crippen LogP contribution in [0.5, 0.6) is 0 Å². The first-order chi connectivity index (χ1) is 32.0. The van der Waals surface area contributed by atoms with Crippen molar-refractivity contribution >= 4 is 17.9 Å². The van der Waals surface area contributed by atoms with Crippen LogP contribution < -0.4 is 0 Å². The molecule has 0 amide bonds. The van der Waals surface area contributed by atoms with Crippen molar-refractivity contribution in [3.63, 3.8) is 0 Å². The van der Waals surface area contributed by atoms with Gasteiger partial charge in [0.1, 0.15) is 13.2 Å². The molecule has 0 saturated heterocycles. The summed E-state index contributed by atoms with van der Waals surface area (Å²) in [6.07, 6.45) is 64.2. The van der Waals surface area contributed by atoms with Gasteiger partial charge in [0, 0.05) is 19.3 Å². The van der Waals surface area contributed by atoms with Crippen LogP contribution in [-0.4, -0.2) is 37.2 Å². The van der Waals surface area contributed by atoms with Gasteiger partial charge in [-0.05, 0) is 64.2 Å². The van der Waals surface area contributed by atoms with Crippen molar-refractivity contribution in [1.29, 1.82) is 0 Å². The summed E-state index contributed by atoms with van der Waals surface area (Å²) >= 11 is 0. The molecule has 0 aliphatic carbocycles. The number of unbranched alkanes of at least 4 members (excludes halogenated alkanes) is 36. The van der Waals surface area contributed by atoms with E-state index in [4.69, 9.17) is 14.2 Å². The number of allylic oxidation sites excluding steroid dienone is 6. The Morgan fingerprint density at radius 1 is 0.308 bits per heavy atom. The number of hydrogen-bond donors (Lipinski definition) is 0. The molecule has 1 unspecified atom stereocenters. The van der Waals surface area contributed by atoms with Gasteiger partial charge in [0.05, 0.1) is 0 Å². The molecule has 0 spiro atoms. The molecular formula is C59H108O6. The Labute approximate surface area is 404 Å². The van der Waals surface area contributed by atoms with E-state index in [1.807, 2.05) is 0 Å². The fraction of sp³-hybridized carbons (Fsp3) is 0.847. The quantitative estimate of drug-likeness (QED) is 0.0199. The second kappa shape index (κ2) is 54.2. The summed E-state index contributed by atoms with van der Waals surface area (Å²) in [5, 5.41) is 0. The summed E-state index contributed by atoms with van der Waals surface area (Å²) in [5.74, 6) is -0.875. The highest BCUT2D eigenvalue weighted by Gasteiger charge is 2.19. The smallest absolute Gasteiger partial charge is 0.306 e. The van der Waals surface area contributed by atoms with Crippen LogP contribution in [0.4, 0.5) is 0 Å². The van der Waals surface area contributed by atoms with Crippen LogP contribution >= 0.6 is 0 Å². The number of carbonyl (C=O) groups excluding carboxylic acids is 3. The van der Waals surface area contributed by atoms with Crippen molar-refractivity contribution < 1.29 is 28.6 Å². The van der Waals surface area contributed by atoms with Gasteiger partial charge in [-0.25, -0.2) is 0 Å². The monoisotopic (exact) mass is 913 g/mol. The minimum Gasteiger partial charge on any atom is -0.462 e. The largest absolute Gasteiger partial charge is 0.462 e. The van der Waals surface area contributed by atoms with Gasteiger partial charge in [-0.2, -0.15) is 0 Å². The molecule has 6 nitrogen and oxygen atoms in total. The average Bonchev–Trinajstić information content (AvgIpc) is 3.30. The van der Waals surface area contributed by atoms with Crippen LogP contribution in [0.2, 0.25) is 0 Å². The van der Waals surface area contributed by atoms with Crippen LogP contribution in [0.15, 0.2) is 36.5 Å². The molecular weight excluding hydrogens is 805 g/mol. The van der Waals surface area contributed by atoms with Crippen molar-refractivity contribution in [2.24, 2.45) is 0 Å². The van der Waals surface area contributed by atoms with E-state index in [-0.39, 0.29) is 31.1 Å². The van der Waals surface area contributed by atoms with E-state index in [1.165, 1.54) is 186 Å². The van der Waals surface area contributed by atoms with Gasteiger partial charge in [0.2, 0.25) is 0 Å². The Kier molecular flexibility index (Phi) is 52.3. The SMILES string of the molecule is CCCC/C=C\CCCCCCC(=O)OCC(COC(=O)CCCCCCCCCCCC/C=C\C=C/CCCCC)OC(=O)CCCCCCCCCCCCCCCCCCCC. The topological polar surface area (TPSA) is 78.9 Å². The molecule has 0 aromatic heterocycles. The van der Waals surface area contributed by atoms with Gasteiger partial charge in [-0.3, -0.25) is 14.4 Å². The maximum absolute atomic E-state index is 12.8. The number of esters is 3. The number of ether oxygens (including phenoxy) is 3. The third-order valence-corrected chi connectivity index (χ3v) is 12.6. The lowest BCUT2D eigenvalue weighted by atomic mass is 10.0.